The maximum absolute atomic E-state index is 11.9. The molecule has 7 heteroatoms. The van der Waals surface area contributed by atoms with Crippen molar-refractivity contribution in [3.05, 3.63) is 70.8 Å². The Morgan fingerprint density at radius 1 is 1.20 bits per heavy atom. The number of aromatic amines is 1. The summed E-state index contributed by atoms with van der Waals surface area (Å²) in [6.07, 6.45) is 1.74. The third kappa shape index (κ3) is 5.09. The lowest BCUT2D eigenvalue weighted by atomic mass is 10.3. The van der Waals surface area contributed by atoms with Crippen LogP contribution < -0.4 is 15.6 Å². The van der Waals surface area contributed by atoms with Crippen molar-refractivity contribution in [1.82, 2.24) is 15.0 Å². The molecule has 0 bridgehead atoms. The number of nitrogens with zero attached hydrogens (tertiary/aromatic N) is 2. The largest absolute Gasteiger partial charge is 0.494 e. The molecule has 0 spiro atoms. The summed E-state index contributed by atoms with van der Waals surface area (Å²) in [5.74, 6) is 1.78. The SMILES string of the molecule is CCOc1ccc(Nc2nc(CSc3ccccn3)cc(=O)[nH]2)cc1. The van der Waals surface area contributed by atoms with Gasteiger partial charge in [-0.1, -0.05) is 6.07 Å². The summed E-state index contributed by atoms with van der Waals surface area (Å²) in [6, 6.07) is 14.7. The van der Waals surface area contributed by atoms with Gasteiger partial charge in [0.2, 0.25) is 5.95 Å². The van der Waals surface area contributed by atoms with Crippen molar-refractivity contribution in [2.75, 3.05) is 11.9 Å². The van der Waals surface area contributed by atoms with Crippen LogP contribution in [0.15, 0.2) is 64.5 Å². The normalized spacial score (nSPS) is 10.4. The average molecular weight is 354 g/mol. The number of thioether (sulfide) groups is 1. The highest BCUT2D eigenvalue weighted by molar-refractivity contribution is 7.98. The summed E-state index contributed by atoms with van der Waals surface area (Å²) in [4.78, 5) is 23.3. The smallest absolute Gasteiger partial charge is 0.252 e. The van der Waals surface area contributed by atoms with E-state index >= 15 is 0 Å². The maximum atomic E-state index is 11.9. The summed E-state index contributed by atoms with van der Waals surface area (Å²) in [5, 5.41) is 4.00. The van der Waals surface area contributed by atoms with Gasteiger partial charge >= 0.3 is 0 Å². The molecule has 2 aromatic heterocycles. The molecule has 0 saturated heterocycles. The van der Waals surface area contributed by atoms with E-state index in [9.17, 15) is 4.79 Å². The quantitative estimate of drug-likeness (QED) is 0.631. The zero-order chi connectivity index (χ0) is 17.5. The fourth-order valence-electron chi connectivity index (χ4n) is 2.16. The van der Waals surface area contributed by atoms with Crippen molar-refractivity contribution in [3.63, 3.8) is 0 Å². The summed E-state index contributed by atoms with van der Waals surface area (Å²) < 4.78 is 5.41. The Morgan fingerprint density at radius 2 is 2.04 bits per heavy atom. The first kappa shape index (κ1) is 17.0. The lowest BCUT2D eigenvalue weighted by Gasteiger charge is -2.08. The topological polar surface area (TPSA) is 79.9 Å². The zero-order valence-corrected chi connectivity index (χ0v) is 14.5. The van der Waals surface area contributed by atoms with Crippen LogP contribution in [0.4, 0.5) is 11.6 Å². The molecule has 0 fully saturated rings. The Hall–Kier alpha value is -2.80. The second kappa shape index (κ2) is 8.34. The summed E-state index contributed by atoms with van der Waals surface area (Å²) in [7, 11) is 0. The molecule has 0 saturated carbocycles. The zero-order valence-electron chi connectivity index (χ0n) is 13.7. The monoisotopic (exact) mass is 354 g/mol. The molecule has 0 aliphatic carbocycles. The fourth-order valence-corrected chi connectivity index (χ4v) is 2.91. The van der Waals surface area contributed by atoms with Gasteiger partial charge in [0, 0.05) is 23.7 Å². The highest BCUT2D eigenvalue weighted by atomic mass is 32.2. The average Bonchev–Trinajstić information content (AvgIpc) is 2.62. The van der Waals surface area contributed by atoms with Gasteiger partial charge in [-0.3, -0.25) is 9.78 Å². The first-order valence-electron chi connectivity index (χ1n) is 7.87. The van der Waals surface area contributed by atoms with Crippen molar-refractivity contribution in [2.45, 2.75) is 17.7 Å². The predicted molar refractivity (Wildman–Crippen MR) is 99.5 cm³/mol. The van der Waals surface area contributed by atoms with Gasteiger partial charge in [-0.25, -0.2) is 9.97 Å². The minimum absolute atomic E-state index is 0.194. The van der Waals surface area contributed by atoms with E-state index in [0.29, 0.717) is 24.0 Å². The Labute approximate surface area is 149 Å². The van der Waals surface area contributed by atoms with Crippen LogP contribution in [0.25, 0.3) is 0 Å². The van der Waals surface area contributed by atoms with Crippen LogP contribution in [0.3, 0.4) is 0 Å². The van der Waals surface area contributed by atoms with Crippen LogP contribution in [0.5, 0.6) is 5.75 Å². The predicted octanol–water partition coefficient (Wildman–Crippen LogP) is 3.60. The van der Waals surface area contributed by atoms with Crippen LogP contribution in [0, 0.1) is 0 Å². The molecular weight excluding hydrogens is 336 g/mol. The molecule has 128 valence electrons. The van der Waals surface area contributed by atoms with Crippen molar-refractivity contribution in [1.29, 1.82) is 0 Å². The van der Waals surface area contributed by atoms with Gasteiger partial charge in [-0.2, -0.15) is 0 Å². The Kier molecular flexibility index (Phi) is 5.69. The number of ether oxygens (including phenoxy) is 1. The molecule has 0 atom stereocenters. The van der Waals surface area contributed by atoms with Gasteiger partial charge in [0.15, 0.2) is 0 Å². The lowest BCUT2D eigenvalue weighted by Crippen LogP contribution is -2.11. The number of aromatic nitrogens is 3. The van der Waals surface area contributed by atoms with E-state index in [0.717, 1.165) is 16.5 Å². The van der Waals surface area contributed by atoms with Crippen LogP contribution in [0.2, 0.25) is 0 Å². The van der Waals surface area contributed by atoms with Crippen molar-refractivity contribution in [3.8, 4) is 5.75 Å². The van der Waals surface area contributed by atoms with Crippen LogP contribution in [-0.2, 0) is 5.75 Å². The van der Waals surface area contributed by atoms with Gasteiger partial charge in [0.25, 0.3) is 5.56 Å². The first-order chi connectivity index (χ1) is 12.2. The van der Waals surface area contributed by atoms with Gasteiger partial charge in [-0.05, 0) is 43.3 Å². The Bertz CT molecular complexity index is 866. The molecule has 0 radical (unpaired) electrons. The summed E-state index contributed by atoms with van der Waals surface area (Å²) >= 11 is 1.53. The fraction of sp³-hybridized carbons (Fsp3) is 0.167. The number of anilines is 2. The van der Waals surface area contributed by atoms with E-state index in [4.69, 9.17) is 4.74 Å². The highest BCUT2D eigenvalue weighted by Crippen LogP contribution is 2.20. The molecule has 0 unspecified atom stereocenters. The molecule has 3 aromatic rings. The van der Waals surface area contributed by atoms with E-state index in [-0.39, 0.29) is 5.56 Å². The summed E-state index contributed by atoms with van der Waals surface area (Å²) in [5.41, 5.74) is 1.31. The molecular formula is C18H18N4O2S. The number of hydrogen-bond acceptors (Lipinski definition) is 6. The highest BCUT2D eigenvalue weighted by Gasteiger charge is 2.04. The maximum Gasteiger partial charge on any atom is 0.252 e. The van der Waals surface area contributed by atoms with Crippen LogP contribution >= 0.6 is 11.8 Å². The number of H-pyrrole nitrogens is 1. The van der Waals surface area contributed by atoms with Crippen LogP contribution in [-0.4, -0.2) is 21.6 Å². The van der Waals surface area contributed by atoms with Gasteiger partial charge in [0.05, 0.1) is 17.3 Å². The molecule has 1 aromatic carbocycles. The van der Waals surface area contributed by atoms with E-state index < -0.39 is 0 Å². The number of hydrogen-bond donors (Lipinski definition) is 2. The van der Waals surface area contributed by atoms with Crippen molar-refractivity contribution < 1.29 is 4.74 Å². The van der Waals surface area contributed by atoms with Crippen molar-refractivity contribution in [2.24, 2.45) is 0 Å². The van der Waals surface area contributed by atoms with Gasteiger partial charge in [-0.15, -0.1) is 11.8 Å². The number of rotatable bonds is 7. The lowest BCUT2D eigenvalue weighted by molar-refractivity contribution is 0.340. The number of pyridine rings is 1. The minimum atomic E-state index is -0.194. The van der Waals surface area contributed by atoms with E-state index in [2.05, 4.69) is 20.3 Å². The van der Waals surface area contributed by atoms with Gasteiger partial charge in [0.1, 0.15) is 5.75 Å². The Morgan fingerprint density at radius 3 is 2.76 bits per heavy atom. The van der Waals surface area contributed by atoms with E-state index in [1.165, 1.54) is 17.8 Å². The molecule has 3 rings (SSSR count). The minimum Gasteiger partial charge on any atom is -0.494 e. The second-order valence-electron chi connectivity index (χ2n) is 5.12. The second-order valence-corrected chi connectivity index (χ2v) is 6.12. The molecule has 2 heterocycles. The molecule has 0 aliphatic rings. The molecule has 25 heavy (non-hydrogen) atoms. The number of nitrogens with one attached hydrogen (secondary N) is 2. The van der Waals surface area contributed by atoms with E-state index in [1.807, 2.05) is 49.4 Å². The van der Waals surface area contributed by atoms with Gasteiger partial charge < -0.3 is 10.1 Å². The molecule has 0 amide bonds. The van der Waals surface area contributed by atoms with Crippen LogP contribution in [0.1, 0.15) is 12.6 Å². The standard InChI is InChI=1S/C18H18N4O2S/c1-2-24-15-8-6-13(7-9-15)20-18-21-14(11-16(23)22-18)12-25-17-5-3-4-10-19-17/h3-11H,2,12H2,1H3,(H2,20,21,22,23). The van der Waals surface area contributed by atoms with Crippen molar-refractivity contribution >= 4 is 23.4 Å². The molecule has 6 nitrogen and oxygen atoms in total. The third-order valence-electron chi connectivity index (χ3n) is 3.23. The summed E-state index contributed by atoms with van der Waals surface area (Å²) in [6.45, 7) is 2.56. The third-order valence-corrected chi connectivity index (χ3v) is 4.21. The number of benzene rings is 1. The van der Waals surface area contributed by atoms with E-state index in [1.54, 1.807) is 6.20 Å². The first-order valence-corrected chi connectivity index (χ1v) is 8.85. The molecule has 2 N–H and O–H groups in total. The Balaban J connectivity index is 1.69. The molecule has 0 aliphatic heterocycles.